The van der Waals surface area contributed by atoms with Crippen molar-refractivity contribution < 1.29 is 28.6 Å². The van der Waals surface area contributed by atoms with E-state index in [1.54, 1.807) is 0 Å². The molecule has 0 rings (SSSR count). The van der Waals surface area contributed by atoms with Crippen LogP contribution in [0.25, 0.3) is 0 Å². The van der Waals surface area contributed by atoms with Gasteiger partial charge in [-0.3, -0.25) is 14.4 Å². The second-order valence-corrected chi connectivity index (χ2v) is 20.5. The number of hydrogen-bond donors (Lipinski definition) is 0. The zero-order valence-corrected chi connectivity index (χ0v) is 49.5. The fraction of sp³-hybridized carbons (Fsp3) is 0.671. The van der Waals surface area contributed by atoms with Crippen LogP contribution >= 0.6 is 0 Å². The molecule has 76 heavy (non-hydrogen) atoms. The van der Waals surface area contributed by atoms with Crippen LogP contribution in [0.4, 0.5) is 0 Å². The van der Waals surface area contributed by atoms with E-state index in [0.717, 1.165) is 128 Å². The molecule has 0 fully saturated rings. The van der Waals surface area contributed by atoms with Crippen LogP contribution in [0.2, 0.25) is 0 Å². The zero-order valence-electron chi connectivity index (χ0n) is 49.5. The van der Waals surface area contributed by atoms with Gasteiger partial charge in [-0.05, 0) is 128 Å². The Morgan fingerprint density at radius 2 is 0.513 bits per heavy atom. The normalized spacial score (nSPS) is 12.9. The van der Waals surface area contributed by atoms with E-state index >= 15 is 0 Å². The molecule has 0 amide bonds. The number of unbranched alkanes of at least 4 members (excludes halogenated alkanes) is 25. The Labute approximate surface area is 469 Å². The van der Waals surface area contributed by atoms with Gasteiger partial charge in [-0.25, -0.2) is 0 Å². The molecule has 0 spiro atoms. The second-order valence-electron chi connectivity index (χ2n) is 20.5. The van der Waals surface area contributed by atoms with E-state index in [1.807, 2.05) is 0 Å². The summed E-state index contributed by atoms with van der Waals surface area (Å²) in [6.45, 7) is 6.39. The SMILES string of the molecule is CC/C=C\C/C=C\C/C=C\C/C=C\C/C=C\CCCCCC(=O)OC(COC(=O)CCCCCCCCC/C=C\CCCCCCCCC)COC(=O)CCCCCCCCCC/C=C\C/C=C\C/C=C\C/C=C\CC. The molecule has 0 saturated carbocycles. The van der Waals surface area contributed by atoms with Crippen LogP contribution in [0.5, 0.6) is 0 Å². The van der Waals surface area contributed by atoms with E-state index in [1.165, 1.54) is 116 Å². The zero-order chi connectivity index (χ0) is 55.0. The maximum absolute atomic E-state index is 12.9. The van der Waals surface area contributed by atoms with Crippen molar-refractivity contribution in [2.45, 2.75) is 290 Å². The molecule has 0 aromatic carbocycles. The van der Waals surface area contributed by atoms with Gasteiger partial charge in [0.25, 0.3) is 0 Å². The van der Waals surface area contributed by atoms with E-state index in [4.69, 9.17) is 14.2 Å². The minimum absolute atomic E-state index is 0.0984. The molecule has 0 aliphatic rings. The lowest BCUT2D eigenvalue weighted by atomic mass is 10.1. The molecule has 0 radical (unpaired) electrons. The van der Waals surface area contributed by atoms with Gasteiger partial charge in [0.05, 0.1) is 0 Å². The maximum Gasteiger partial charge on any atom is 0.306 e. The summed E-state index contributed by atoms with van der Waals surface area (Å²) >= 11 is 0. The summed E-state index contributed by atoms with van der Waals surface area (Å²) in [5.41, 5.74) is 0. The molecule has 0 aliphatic heterocycles. The van der Waals surface area contributed by atoms with E-state index in [9.17, 15) is 14.4 Å². The number of hydrogen-bond acceptors (Lipinski definition) is 6. The fourth-order valence-electron chi connectivity index (χ4n) is 8.51. The Morgan fingerprint density at radius 1 is 0.276 bits per heavy atom. The van der Waals surface area contributed by atoms with Crippen molar-refractivity contribution in [3.05, 3.63) is 122 Å². The Hall–Kier alpha value is -4.19. The highest BCUT2D eigenvalue weighted by atomic mass is 16.6. The van der Waals surface area contributed by atoms with Crippen molar-refractivity contribution in [3.8, 4) is 0 Å². The molecule has 0 heterocycles. The van der Waals surface area contributed by atoms with Crippen molar-refractivity contribution in [1.82, 2.24) is 0 Å². The van der Waals surface area contributed by atoms with Crippen LogP contribution in [0.3, 0.4) is 0 Å². The van der Waals surface area contributed by atoms with Crippen LogP contribution in [-0.4, -0.2) is 37.2 Å². The monoisotopic (exact) mass is 1050 g/mol. The van der Waals surface area contributed by atoms with Gasteiger partial charge < -0.3 is 14.2 Å². The molecule has 0 bridgehead atoms. The number of carbonyl (C=O) groups is 3. The number of rotatable bonds is 56. The molecule has 0 aromatic heterocycles. The molecule has 0 N–H and O–H groups in total. The summed E-state index contributed by atoms with van der Waals surface area (Å²) in [5.74, 6) is -0.939. The highest BCUT2D eigenvalue weighted by Crippen LogP contribution is 2.15. The second kappa shape index (κ2) is 63.3. The first-order valence-corrected chi connectivity index (χ1v) is 31.5. The van der Waals surface area contributed by atoms with Gasteiger partial charge in [0.1, 0.15) is 13.2 Å². The van der Waals surface area contributed by atoms with Crippen molar-refractivity contribution in [2.24, 2.45) is 0 Å². The molecular weight excluding hydrogens is 937 g/mol. The highest BCUT2D eigenvalue weighted by Gasteiger charge is 2.19. The highest BCUT2D eigenvalue weighted by molar-refractivity contribution is 5.71. The van der Waals surface area contributed by atoms with Crippen molar-refractivity contribution in [2.75, 3.05) is 13.2 Å². The lowest BCUT2D eigenvalue weighted by Crippen LogP contribution is -2.30. The largest absolute Gasteiger partial charge is 0.462 e. The molecule has 0 aromatic rings. The summed E-state index contributed by atoms with van der Waals surface area (Å²) in [7, 11) is 0. The van der Waals surface area contributed by atoms with Gasteiger partial charge in [0.15, 0.2) is 6.10 Å². The molecule has 1 unspecified atom stereocenters. The number of carbonyl (C=O) groups excluding carboxylic acids is 3. The smallest absolute Gasteiger partial charge is 0.306 e. The van der Waals surface area contributed by atoms with E-state index in [-0.39, 0.29) is 37.5 Å². The maximum atomic E-state index is 12.9. The lowest BCUT2D eigenvalue weighted by molar-refractivity contribution is -0.167. The van der Waals surface area contributed by atoms with E-state index < -0.39 is 6.10 Å². The fourth-order valence-corrected chi connectivity index (χ4v) is 8.51. The first-order chi connectivity index (χ1) is 37.5. The van der Waals surface area contributed by atoms with Crippen LogP contribution in [0, 0.1) is 0 Å². The lowest BCUT2D eigenvalue weighted by Gasteiger charge is -2.18. The number of allylic oxidation sites excluding steroid dienone is 20. The van der Waals surface area contributed by atoms with Crippen LogP contribution < -0.4 is 0 Å². The van der Waals surface area contributed by atoms with Crippen LogP contribution in [-0.2, 0) is 28.6 Å². The standard InChI is InChI=1S/C70H116O6/c1-4-7-10-13-16-19-22-25-28-31-34-35-37-39-42-45-48-51-54-57-60-63-69(72)75-66-67(65-74-68(71)62-59-56-53-50-47-44-41-38-33-30-27-24-21-18-15-12-9-6-3)76-70(73)64-61-58-55-52-49-46-43-40-36-32-29-26-23-20-17-14-11-8-5-2/h7-8,10-11,16-17,19-20,25-26,28-30,33-36,40,46,49,67H,4-6,9,12-15,18,21-24,27,31-32,37-39,41-45,47-48,50-66H2,1-3H3/b10-7-,11-8-,19-16-,20-17-,28-25-,29-26-,33-30-,35-34-,40-36-,49-46-. The molecule has 0 aliphatic carbocycles. The van der Waals surface area contributed by atoms with Gasteiger partial charge >= 0.3 is 17.9 Å². The quantitative estimate of drug-likeness (QED) is 0.0261. The van der Waals surface area contributed by atoms with Gasteiger partial charge in [-0.1, -0.05) is 258 Å². The predicted molar refractivity (Wildman–Crippen MR) is 330 cm³/mol. The average Bonchev–Trinajstić information content (AvgIpc) is 3.42. The van der Waals surface area contributed by atoms with Crippen LogP contribution in [0.1, 0.15) is 284 Å². The van der Waals surface area contributed by atoms with Gasteiger partial charge in [-0.15, -0.1) is 0 Å². The summed E-state index contributed by atoms with van der Waals surface area (Å²) in [6.07, 6.45) is 87.6. The van der Waals surface area contributed by atoms with Crippen molar-refractivity contribution >= 4 is 17.9 Å². The molecule has 6 heteroatoms. The number of esters is 3. The van der Waals surface area contributed by atoms with E-state index in [2.05, 4.69) is 142 Å². The minimum Gasteiger partial charge on any atom is -0.462 e. The summed E-state index contributed by atoms with van der Waals surface area (Å²) in [4.78, 5) is 38.3. The Morgan fingerprint density at radius 3 is 0.829 bits per heavy atom. The topological polar surface area (TPSA) is 78.9 Å². The third kappa shape index (κ3) is 60.7. The Bertz CT molecular complexity index is 1590. The van der Waals surface area contributed by atoms with Crippen LogP contribution in [0.15, 0.2) is 122 Å². The summed E-state index contributed by atoms with van der Waals surface area (Å²) in [6, 6.07) is 0. The Kier molecular flexibility index (Phi) is 59.9. The molecule has 1 atom stereocenters. The van der Waals surface area contributed by atoms with Gasteiger partial charge in [0.2, 0.25) is 0 Å². The van der Waals surface area contributed by atoms with Crippen molar-refractivity contribution in [3.63, 3.8) is 0 Å². The Balaban J connectivity index is 4.47. The first kappa shape index (κ1) is 71.8. The molecular formula is C70H116O6. The number of ether oxygens (including phenoxy) is 3. The minimum atomic E-state index is -0.806. The van der Waals surface area contributed by atoms with Crippen molar-refractivity contribution in [1.29, 1.82) is 0 Å². The summed E-state index contributed by atoms with van der Waals surface area (Å²) in [5, 5.41) is 0. The van der Waals surface area contributed by atoms with E-state index in [0.29, 0.717) is 12.8 Å². The molecule has 432 valence electrons. The molecule has 6 nitrogen and oxygen atoms in total. The van der Waals surface area contributed by atoms with Gasteiger partial charge in [0, 0.05) is 19.3 Å². The summed E-state index contributed by atoms with van der Waals surface area (Å²) < 4.78 is 16.9. The van der Waals surface area contributed by atoms with Gasteiger partial charge in [-0.2, -0.15) is 0 Å². The predicted octanol–water partition coefficient (Wildman–Crippen LogP) is 21.6. The average molecular weight is 1050 g/mol. The molecule has 0 saturated heterocycles. The third-order valence-corrected chi connectivity index (χ3v) is 13.2. The third-order valence-electron chi connectivity index (χ3n) is 13.2. The first-order valence-electron chi connectivity index (χ1n) is 31.5.